The van der Waals surface area contributed by atoms with E-state index in [0.717, 1.165) is 5.56 Å². The molecular weight excluding hydrogens is 257 g/mol. The highest BCUT2D eigenvalue weighted by Gasteiger charge is 2.04. The van der Waals surface area contributed by atoms with Gasteiger partial charge < -0.3 is 5.32 Å². The van der Waals surface area contributed by atoms with Crippen LogP contribution in [0.5, 0.6) is 0 Å². The highest BCUT2D eigenvalue weighted by atomic mass is 35.5. The Morgan fingerprint density at radius 3 is 2.72 bits per heavy atom. The molecule has 18 heavy (non-hydrogen) atoms. The van der Waals surface area contributed by atoms with E-state index in [2.05, 4.69) is 10.4 Å². The molecule has 1 N–H and O–H groups in total. The van der Waals surface area contributed by atoms with Gasteiger partial charge in [0, 0.05) is 12.7 Å². The maximum atomic E-state index is 12.7. The number of carbonyl (C=O) groups excluding carboxylic acids is 1. The lowest BCUT2D eigenvalue weighted by atomic mass is 10.2. The van der Waals surface area contributed by atoms with Crippen LogP contribution in [0.2, 0.25) is 5.02 Å². The molecule has 0 atom stereocenters. The normalized spacial score (nSPS) is 10.3. The Kier molecular flexibility index (Phi) is 3.94. The summed E-state index contributed by atoms with van der Waals surface area (Å²) in [5.41, 5.74) is 0.836. The van der Waals surface area contributed by atoms with Gasteiger partial charge >= 0.3 is 0 Å². The summed E-state index contributed by atoms with van der Waals surface area (Å²) in [6.07, 6.45) is 3.04. The summed E-state index contributed by atoms with van der Waals surface area (Å²) in [4.78, 5) is 11.6. The van der Waals surface area contributed by atoms with Crippen LogP contribution in [0.4, 0.5) is 4.39 Å². The third kappa shape index (κ3) is 3.56. The maximum Gasteiger partial charge on any atom is 0.241 e. The summed E-state index contributed by atoms with van der Waals surface area (Å²) in [5, 5.41) is 7.09. The molecule has 4 nitrogen and oxygen atoms in total. The van der Waals surface area contributed by atoms with Gasteiger partial charge in [0.15, 0.2) is 0 Å². The van der Waals surface area contributed by atoms with E-state index in [4.69, 9.17) is 11.6 Å². The van der Waals surface area contributed by atoms with Gasteiger partial charge in [-0.25, -0.2) is 4.39 Å². The van der Waals surface area contributed by atoms with Crippen LogP contribution >= 0.6 is 11.6 Å². The minimum Gasteiger partial charge on any atom is -0.350 e. The zero-order valence-electron chi connectivity index (χ0n) is 9.44. The highest BCUT2D eigenvalue weighted by Crippen LogP contribution is 2.04. The Bertz CT molecular complexity index is 539. The molecule has 1 aromatic carbocycles. The first-order valence-electron chi connectivity index (χ1n) is 5.32. The summed E-state index contributed by atoms with van der Waals surface area (Å²) >= 11 is 5.68. The van der Waals surface area contributed by atoms with E-state index in [0.29, 0.717) is 11.6 Å². The molecule has 0 fully saturated rings. The zero-order valence-corrected chi connectivity index (χ0v) is 10.2. The van der Waals surface area contributed by atoms with Crippen molar-refractivity contribution in [2.75, 3.05) is 0 Å². The Hall–Kier alpha value is -1.88. The molecule has 2 aromatic rings. The van der Waals surface area contributed by atoms with Crippen LogP contribution in [-0.2, 0) is 17.9 Å². The number of carbonyl (C=O) groups is 1. The molecule has 1 amide bonds. The summed E-state index contributed by atoms with van der Waals surface area (Å²) in [6.45, 7) is 0.460. The summed E-state index contributed by atoms with van der Waals surface area (Å²) in [7, 11) is 0. The molecule has 0 saturated heterocycles. The highest BCUT2D eigenvalue weighted by molar-refractivity contribution is 6.30. The van der Waals surface area contributed by atoms with Crippen LogP contribution in [0.3, 0.4) is 0 Å². The van der Waals surface area contributed by atoms with Gasteiger partial charge in [-0.05, 0) is 17.7 Å². The van der Waals surface area contributed by atoms with E-state index in [1.807, 2.05) is 0 Å². The first-order chi connectivity index (χ1) is 8.63. The van der Waals surface area contributed by atoms with Gasteiger partial charge in [-0.1, -0.05) is 23.7 Å². The predicted molar refractivity (Wildman–Crippen MR) is 65.5 cm³/mol. The van der Waals surface area contributed by atoms with Gasteiger partial charge in [0.05, 0.1) is 11.2 Å². The number of hydrogen-bond acceptors (Lipinski definition) is 2. The lowest BCUT2D eigenvalue weighted by Crippen LogP contribution is -2.27. The molecule has 0 aliphatic rings. The van der Waals surface area contributed by atoms with Crippen molar-refractivity contribution >= 4 is 17.5 Å². The molecule has 0 saturated carbocycles. The quantitative estimate of drug-likeness (QED) is 0.921. The molecule has 0 unspecified atom stereocenters. The van der Waals surface area contributed by atoms with E-state index < -0.39 is 0 Å². The SMILES string of the molecule is O=C(Cn1cc(Cl)cn1)NCc1ccc(F)cc1. The number of halogens is 2. The van der Waals surface area contributed by atoms with Crippen molar-refractivity contribution in [3.8, 4) is 0 Å². The Morgan fingerprint density at radius 1 is 1.39 bits per heavy atom. The van der Waals surface area contributed by atoms with Crippen molar-refractivity contribution in [3.05, 3.63) is 53.1 Å². The standard InChI is InChI=1S/C12H11ClFN3O/c13-10-6-16-17(7-10)8-12(18)15-5-9-1-3-11(14)4-2-9/h1-4,6-7H,5,8H2,(H,15,18). The Morgan fingerprint density at radius 2 is 2.11 bits per heavy atom. The third-order valence-electron chi connectivity index (χ3n) is 2.31. The zero-order chi connectivity index (χ0) is 13.0. The van der Waals surface area contributed by atoms with Crippen LogP contribution in [0.1, 0.15) is 5.56 Å². The van der Waals surface area contributed by atoms with Crippen molar-refractivity contribution in [1.82, 2.24) is 15.1 Å². The lowest BCUT2D eigenvalue weighted by Gasteiger charge is -2.05. The van der Waals surface area contributed by atoms with Gasteiger partial charge in [0.1, 0.15) is 12.4 Å². The largest absolute Gasteiger partial charge is 0.350 e. The van der Waals surface area contributed by atoms with Crippen molar-refractivity contribution in [2.45, 2.75) is 13.1 Å². The number of benzene rings is 1. The first-order valence-corrected chi connectivity index (χ1v) is 5.70. The molecule has 94 valence electrons. The molecule has 0 aliphatic heterocycles. The number of nitrogens with one attached hydrogen (secondary N) is 1. The van der Waals surface area contributed by atoms with Gasteiger partial charge in [0.2, 0.25) is 5.91 Å². The molecule has 0 spiro atoms. The Balaban J connectivity index is 1.83. The smallest absolute Gasteiger partial charge is 0.241 e. The number of hydrogen-bond donors (Lipinski definition) is 1. The fourth-order valence-corrected chi connectivity index (χ4v) is 1.59. The molecule has 2 rings (SSSR count). The second kappa shape index (κ2) is 5.64. The van der Waals surface area contributed by atoms with Crippen molar-refractivity contribution < 1.29 is 9.18 Å². The van der Waals surface area contributed by atoms with Crippen molar-refractivity contribution in [3.63, 3.8) is 0 Å². The summed E-state index contributed by atoms with van der Waals surface area (Å²) in [6, 6.07) is 5.96. The molecule has 0 aliphatic carbocycles. The number of nitrogens with zero attached hydrogens (tertiary/aromatic N) is 2. The van der Waals surface area contributed by atoms with Gasteiger partial charge in [0.25, 0.3) is 0 Å². The van der Waals surface area contributed by atoms with Crippen LogP contribution in [0, 0.1) is 5.82 Å². The van der Waals surface area contributed by atoms with Crippen molar-refractivity contribution in [1.29, 1.82) is 0 Å². The predicted octanol–water partition coefficient (Wildman–Crippen LogP) is 1.99. The Labute approximate surface area is 108 Å². The summed E-state index contributed by atoms with van der Waals surface area (Å²) in [5.74, 6) is -0.477. The van der Waals surface area contributed by atoms with E-state index in [1.54, 1.807) is 18.3 Å². The van der Waals surface area contributed by atoms with E-state index in [-0.39, 0.29) is 18.3 Å². The molecule has 6 heteroatoms. The number of amides is 1. The van der Waals surface area contributed by atoms with Gasteiger partial charge in [-0.3, -0.25) is 9.48 Å². The molecule has 0 bridgehead atoms. The average molecular weight is 268 g/mol. The third-order valence-corrected chi connectivity index (χ3v) is 2.51. The second-order valence-electron chi connectivity index (χ2n) is 3.76. The van der Waals surface area contributed by atoms with E-state index in [9.17, 15) is 9.18 Å². The first kappa shape index (κ1) is 12.6. The van der Waals surface area contributed by atoms with Crippen molar-refractivity contribution in [2.24, 2.45) is 0 Å². The van der Waals surface area contributed by atoms with Crippen LogP contribution < -0.4 is 5.32 Å². The topological polar surface area (TPSA) is 46.9 Å². The summed E-state index contributed by atoms with van der Waals surface area (Å²) < 4.78 is 14.1. The fourth-order valence-electron chi connectivity index (χ4n) is 1.43. The minimum absolute atomic E-state index is 0.105. The monoisotopic (exact) mass is 267 g/mol. The fraction of sp³-hybridized carbons (Fsp3) is 0.167. The molecule has 1 aromatic heterocycles. The molecular formula is C12H11ClFN3O. The second-order valence-corrected chi connectivity index (χ2v) is 4.20. The van der Waals surface area contributed by atoms with Gasteiger partial charge in [-0.15, -0.1) is 0 Å². The number of aromatic nitrogens is 2. The number of rotatable bonds is 4. The minimum atomic E-state index is -0.295. The molecule has 0 radical (unpaired) electrons. The van der Waals surface area contributed by atoms with Crippen LogP contribution in [0.25, 0.3) is 0 Å². The van der Waals surface area contributed by atoms with E-state index >= 15 is 0 Å². The van der Waals surface area contributed by atoms with Gasteiger partial charge in [-0.2, -0.15) is 5.10 Å². The lowest BCUT2D eigenvalue weighted by molar-refractivity contribution is -0.122. The average Bonchev–Trinajstić information content (AvgIpc) is 2.74. The van der Waals surface area contributed by atoms with Crippen LogP contribution in [0.15, 0.2) is 36.7 Å². The van der Waals surface area contributed by atoms with E-state index in [1.165, 1.54) is 23.0 Å². The van der Waals surface area contributed by atoms with Crippen LogP contribution in [-0.4, -0.2) is 15.7 Å². The molecule has 1 heterocycles. The maximum absolute atomic E-state index is 12.7.